The molecule has 150 valence electrons. The van der Waals surface area contributed by atoms with Gasteiger partial charge in [-0.05, 0) is 48.4 Å². The van der Waals surface area contributed by atoms with Gasteiger partial charge >= 0.3 is 6.03 Å². The SMILES string of the molecule is Cc1ccccc1-c1c(NC(=O)Nc2ccc(F)cc2F)cnc2ccc(Cl)cc12. The third-order valence-electron chi connectivity index (χ3n) is 4.67. The van der Waals surface area contributed by atoms with Crippen molar-refractivity contribution in [1.82, 2.24) is 4.98 Å². The first kappa shape index (κ1) is 19.8. The number of anilines is 2. The number of fused-ring (bicyclic) bond motifs is 1. The van der Waals surface area contributed by atoms with Crippen molar-refractivity contribution in [2.45, 2.75) is 6.92 Å². The highest BCUT2D eigenvalue weighted by molar-refractivity contribution is 6.31. The van der Waals surface area contributed by atoms with E-state index in [9.17, 15) is 13.6 Å². The van der Waals surface area contributed by atoms with Crippen molar-refractivity contribution < 1.29 is 13.6 Å². The number of nitrogens with zero attached hydrogens (tertiary/aromatic N) is 1. The molecule has 4 aromatic rings. The molecule has 30 heavy (non-hydrogen) atoms. The molecule has 0 aliphatic heterocycles. The number of carbonyl (C=O) groups is 1. The third-order valence-corrected chi connectivity index (χ3v) is 4.91. The van der Waals surface area contributed by atoms with Crippen molar-refractivity contribution in [3.63, 3.8) is 0 Å². The second kappa shape index (κ2) is 8.08. The van der Waals surface area contributed by atoms with Crippen LogP contribution in [0.4, 0.5) is 25.0 Å². The summed E-state index contributed by atoms with van der Waals surface area (Å²) < 4.78 is 27.0. The number of hydrogen-bond acceptors (Lipinski definition) is 2. The summed E-state index contributed by atoms with van der Waals surface area (Å²) in [7, 11) is 0. The molecule has 3 aromatic carbocycles. The predicted octanol–water partition coefficient (Wildman–Crippen LogP) is 6.79. The molecule has 0 aliphatic carbocycles. The summed E-state index contributed by atoms with van der Waals surface area (Å²) in [6.45, 7) is 1.96. The highest BCUT2D eigenvalue weighted by Crippen LogP contribution is 2.37. The summed E-state index contributed by atoms with van der Waals surface area (Å²) in [6.07, 6.45) is 1.54. The van der Waals surface area contributed by atoms with Gasteiger partial charge in [0.15, 0.2) is 0 Å². The summed E-state index contributed by atoms with van der Waals surface area (Å²) in [5, 5.41) is 6.42. The van der Waals surface area contributed by atoms with Crippen LogP contribution in [-0.2, 0) is 0 Å². The minimum Gasteiger partial charge on any atom is -0.306 e. The van der Waals surface area contributed by atoms with Crippen LogP contribution < -0.4 is 10.6 Å². The van der Waals surface area contributed by atoms with Crippen molar-refractivity contribution in [2.24, 2.45) is 0 Å². The second-order valence-electron chi connectivity index (χ2n) is 6.73. The van der Waals surface area contributed by atoms with Gasteiger partial charge in [-0.2, -0.15) is 0 Å². The fraction of sp³-hybridized carbons (Fsp3) is 0.0435. The molecule has 0 saturated carbocycles. The maximum atomic E-state index is 13.9. The van der Waals surface area contributed by atoms with E-state index in [1.54, 1.807) is 24.4 Å². The molecule has 4 rings (SSSR count). The van der Waals surface area contributed by atoms with Crippen LogP contribution in [0, 0.1) is 18.6 Å². The number of pyridine rings is 1. The Balaban J connectivity index is 1.78. The first-order valence-electron chi connectivity index (χ1n) is 9.09. The summed E-state index contributed by atoms with van der Waals surface area (Å²) in [5.41, 5.74) is 3.65. The summed E-state index contributed by atoms with van der Waals surface area (Å²) in [6, 6.07) is 15.3. The number of halogens is 3. The van der Waals surface area contributed by atoms with Gasteiger partial charge in [0, 0.05) is 22.0 Å². The van der Waals surface area contributed by atoms with Crippen molar-refractivity contribution in [2.75, 3.05) is 10.6 Å². The fourth-order valence-corrected chi connectivity index (χ4v) is 3.44. The fourth-order valence-electron chi connectivity index (χ4n) is 3.27. The van der Waals surface area contributed by atoms with Gasteiger partial charge < -0.3 is 10.6 Å². The highest BCUT2D eigenvalue weighted by atomic mass is 35.5. The van der Waals surface area contributed by atoms with Gasteiger partial charge in [0.05, 0.1) is 23.1 Å². The normalized spacial score (nSPS) is 10.8. The van der Waals surface area contributed by atoms with Gasteiger partial charge in [0.25, 0.3) is 0 Å². The minimum absolute atomic E-state index is 0.136. The molecule has 0 aliphatic rings. The largest absolute Gasteiger partial charge is 0.323 e. The van der Waals surface area contributed by atoms with Crippen LogP contribution in [0.3, 0.4) is 0 Å². The Morgan fingerprint density at radius 2 is 1.73 bits per heavy atom. The van der Waals surface area contributed by atoms with Crippen LogP contribution in [0.2, 0.25) is 5.02 Å². The van der Waals surface area contributed by atoms with Crippen LogP contribution in [0.25, 0.3) is 22.0 Å². The molecule has 2 amide bonds. The molecule has 1 aromatic heterocycles. The van der Waals surface area contributed by atoms with Crippen LogP contribution in [0.1, 0.15) is 5.56 Å². The van der Waals surface area contributed by atoms with E-state index in [-0.39, 0.29) is 5.69 Å². The molecular formula is C23H16ClF2N3O. The Hall–Kier alpha value is -3.51. The van der Waals surface area contributed by atoms with Crippen LogP contribution in [-0.4, -0.2) is 11.0 Å². The quantitative estimate of drug-likeness (QED) is 0.381. The molecule has 0 radical (unpaired) electrons. The number of aryl methyl sites for hydroxylation is 1. The highest BCUT2D eigenvalue weighted by Gasteiger charge is 2.16. The third kappa shape index (κ3) is 3.95. The smallest absolute Gasteiger partial charge is 0.306 e. The van der Waals surface area contributed by atoms with Gasteiger partial charge in [0.2, 0.25) is 0 Å². The Morgan fingerprint density at radius 3 is 2.50 bits per heavy atom. The Bertz CT molecular complexity index is 1280. The lowest BCUT2D eigenvalue weighted by atomic mass is 9.96. The molecule has 0 fully saturated rings. The lowest BCUT2D eigenvalue weighted by Crippen LogP contribution is -2.21. The Kier molecular flexibility index (Phi) is 5.33. The lowest BCUT2D eigenvalue weighted by molar-refractivity contribution is 0.262. The zero-order valence-electron chi connectivity index (χ0n) is 15.8. The maximum Gasteiger partial charge on any atom is 0.323 e. The van der Waals surface area contributed by atoms with E-state index in [1.165, 1.54) is 0 Å². The summed E-state index contributed by atoms with van der Waals surface area (Å²) in [5.74, 6) is -1.59. The number of carbonyl (C=O) groups excluding carboxylic acids is 1. The Morgan fingerprint density at radius 1 is 0.967 bits per heavy atom. The van der Waals surface area contributed by atoms with Crippen LogP contribution in [0.5, 0.6) is 0 Å². The van der Waals surface area contributed by atoms with Gasteiger partial charge in [-0.25, -0.2) is 13.6 Å². The van der Waals surface area contributed by atoms with E-state index in [0.717, 1.165) is 34.2 Å². The van der Waals surface area contributed by atoms with Gasteiger partial charge in [-0.3, -0.25) is 4.98 Å². The summed E-state index contributed by atoms with van der Waals surface area (Å²) >= 11 is 6.21. The monoisotopic (exact) mass is 423 g/mol. The molecule has 0 saturated heterocycles. The van der Waals surface area contributed by atoms with E-state index in [0.29, 0.717) is 22.3 Å². The van der Waals surface area contributed by atoms with Crippen molar-refractivity contribution >= 4 is 39.9 Å². The molecular weight excluding hydrogens is 408 g/mol. The number of hydrogen-bond donors (Lipinski definition) is 2. The maximum absolute atomic E-state index is 13.9. The number of rotatable bonds is 3. The molecule has 0 atom stereocenters. The average Bonchev–Trinajstić information content (AvgIpc) is 2.71. The van der Waals surface area contributed by atoms with Crippen molar-refractivity contribution in [3.8, 4) is 11.1 Å². The van der Waals surface area contributed by atoms with E-state index in [4.69, 9.17) is 11.6 Å². The number of aromatic nitrogens is 1. The number of amides is 2. The first-order chi connectivity index (χ1) is 14.4. The number of nitrogens with one attached hydrogen (secondary N) is 2. The topological polar surface area (TPSA) is 54.0 Å². The summed E-state index contributed by atoms with van der Waals surface area (Å²) in [4.78, 5) is 17.0. The second-order valence-corrected chi connectivity index (χ2v) is 7.16. The average molecular weight is 424 g/mol. The molecule has 0 spiro atoms. The van der Waals surface area contributed by atoms with Gasteiger partial charge in [-0.1, -0.05) is 35.9 Å². The van der Waals surface area contributed by atoms with E-state index < -0.39 is 17.7 Å². The molecule has 0 bridgehead atoms. The van der Waals surface area contributed by atoms with E-state index in [1.807, 2.05) is 31.2 Å². The van der Waals surface area contributed by atoms with Gasteiger partial charge in [-0.15, -0.1) is 0 Å². The molecule has 7 heteroatoms. The van der Waals surface area contributed by atoms with E-state index >= 15 is 0 Å². The molecule has 1 heterocycles. The van der Waals surface area contributed by atoms with Gasteiger partial charge in [0.1, 0.15) is 11.6 Å². The van der Waals surface area contributed by atoms with Crippen LogP contribution in [0.15, 0.2) is 66.9 Å². The van der Waals surface area contributed by atoms with Crippen molar-refractivity contribution in [3.05, 3.63) is 89.1 Å². The van der Waals surface area contributed by atoms with Crippen molar-refractivity contribution in [1.29, 1.82) is 0 Å². The van der Waals surface area contributed by atoms with Crippen LogP contribution >= 0.6 is 11.6 Å². The first-order valence-corrected chi connectivity index (χ1v) is 9.47. The molecule has 0 unspecified atom stereocenters. The standard InChI is InChI=1S/C23H16ClF2N3O/c1-13-4-2-3-5-16(13)22-17-10-14(24)6-8-19(17)27-12-21(22)29-23(30)28-20-9-7-15(25)11-18(20)26/h2-12H,1H3,(H2,28,29,30). The predicted molar refractivity (Wildman–Crippen MR) is 116 cm³/mol. The lowest BCUT2D eigenvalue weighted by Gasteiger charge is -2.16. The zero-order chi connectivity index (χ0) is 21.3. The molecule has 4 nitrogen and oxygen atoms in total. The Labute approximate surface area is 176 Å². The van der Waals surface area contributed by atoms with E-state index in [2.05, 4.69) is 15.6 Å². The number of urea groups is 1. The number of benzene rings is 3. The zero-order valence-corrected chi connectivity index (χ0v) is 16.6. The molecule has 2 N–H and O–H groups in total. The minimum atomic E-state index is -0.868.